The first-order valence-electron chi connectivity index (χ1n) is 11.8. The van der Waals surface area contributed by atoms with Crippen LogP contribution < -0.4 is 10.7 Å². The second kappa shape index (κ2) is 9.04. The predicted octanol–water partition coefficient (Wildman–Crippen LogP) is 3.31. The van der Waals surface area contributed by atoms with Crippen LogP contribution in [-0.2, 0) is 16.1 Å². The number of pyridine rings is 1. The number of hydrogen-bond acceptors (Lipinski definition) is 4. The van der Waals surface area contributed by atoms with E-state index in [9.17, 15) is 9.59 Å². The lowest BCUT2D eigenvalue weighted by molar-refractivity contribution is -0.122. The molecule has 2 heterocycles. The highest BCUT2D eigenvalue weighted by Crippen LogP contribution is 2.34. The summed E-state index contributed by atoms with van der Waals surface area (Å²) in [6.45, 7) is 4.27. The highest BCUT2D eigenvalue weighted by Gasteiger charge is 2.38. The zero-order valence-corrected chi connectivity index (χ0v) is 18.5. The topological polar surface area (TPSA) is 63.6 Å². The van der Waals surface area contributed by atoms with Crippen LogP contribution in [0.4, 0.5) is 0 Å². The summed E-state index contributed by atoms with van der Waals surface area (Å²) < 4.78 is 7.55. The van der Waals surface area contributed by atoms with E-state index in [1.165, 1.54) is 19.3 Å². The van der Waals surface area contributed by atoms with Gasteiger partial charge >= 0.3 is 0 Å². The molecule has 1 aliphatic heterocycles. The minimum atomic E-state index is -0.0119. The molecule has 2 fully saturated rings. The summed E-state index contributed by atoms with van der Waals surface area (Å²) in [5.74, 6) is -0.0119. The standard InChI is InChI=1S/C26H31N3O3/c30-24(27-19-26(12-6-1-7-13-26)28-14-16-32-17-15-28)18-29-22-10-4-2-8-20(22)25(31)21-9-3-5-11-23(21)29/h2-5,8-11H,1,6-7,12-19H2,(H,27,30). The van der Waals surface area contributed by atoms with Gasteiger partial charge in [0.2, 0.25) is 5.91 Å². The largest absolute Gasteiger partial charge is 0.379 e. The molecular formula is C26H31N3O3. The van der Waals surface area contributed by atoms with Gasteiger partial charge in [0, 0.05) is 35.9 Å². The zero-order valence-electron chi connectivity index (χ0n) is 18.5. The van der Waals surface area contributed by atoms with Crippen LogP contribution in [0.5, 0.6) is 0 Å². The first-order chi connectivity index (χ1) is 15.7. The van der Waals surface area contributed by atoms with Crippen LogP contribution in [0.15, 0.2) is 53.3 Å². The van der Waals surface area contributed by atoms with Crippen molar-refractivity contribution in [1.29, 1.82) is 0 Å². The average Bonchev–Trinajstić information content (AvgIpc) is 2.86. The second-order valence-electron chi connectivity index (χ2n) is 9.11. The van der Waals surface area contributed by atoms with Crippen LogP contribution in [0.25, 0.3) is 21.8 Å². The lowest BCUT2D eigenvalue weighted by Crippen LogP contribution is -2.59. The van der Waals surface area contributed by atoms with Gasteiger partial charge in [-0.15, -0.1) is 0 Å². The van der Waals surface area contributed by atoms with E-state index in [-0.39, 0.29) is 23.4 Å². The van der Waals surface area contributed by atoms with Crippen molar-refractivity contribution >= 4 is 27.7 Å². The molecular weight excluding hydrogens is 402 g/mol. The van der Waals surface area contributed by atoms with Crippen LogP contribution in [0, 0.1) is 0 Å². The zero-order chi connectivity index (χ0) is 22.0. The Morgan fingerprint density at radius 3 is 2.12 bits per heavy atom. The fraction of sp³-hybridized carbons (Fsp3) is 0.462. The molecule has 0 atom stereocenters. The number of nitrogens with one attached hydrogen (secondary N) is 1. The Morgan fingerprint density at radius 2 is 1.50 bits per heavy atom. The molecule has 1 aliphatic carbocycles. The van der Waals surface area contributed by atoms with E-state index in [0.717, 1.165) is 50.2 Å². The normalized spacial score (nSPS) is 19.2. The smallest absolute Gasteiger partial charge is 0.240 e. The number of nitrogens with zero attached hydrogens (tertiary/aromatic N) is 2. The monoisotopic (exact) mass is 433 g/mol. The van der Waals surface area contributed by atoms with Crippen molar-refractivity contribution in [3.8, 4) is 0 Å². The fourth-order valence-corrected chi connectivity index (χ4v) is 5.56. The minimum Gasteiger partial charge on any atom is -0.379 e. The summed E-state index contributed by atoms with van der Waals surface area (Å²) in [6, 6.07) is 15.1. The third kappa shape index (κ3) is 3.93. The molecule has 168 valence electrons. The second-order valence-corrected chi connectivity index (χ2v) is 9.11. The van der Waals surface area contributed by atoms with E-state index in [1.807, 2.05) is 53.1 Å². The van der Waals surface area contributed by atoms with Crippen molar-refractivity contribution in [3.05, 3.63) is 58.8 Å². The number of morpholine rings is 1. The summed E-state index contributed by atoms with van der Waals surface area (Å²) in [5, 5.41) is 4.56. The molecule has 1 saturated heterocycles. The van der Waals surface area contributed by atoms with Crippen LogP contribution in [0.2, 0.25) is 0 Å². The van der Waals surface area contributed by atoms with E-state index in [2.05, 4.69) is 10.2 Å². The van der Waals surface area contributed by atoms with Crippen molar-refractivity contribution in [2.24, 2.45) is 0 Å². The lowest BCUT2D eigenvalue weighted by Gasteiger charge is -2.48. The van der Waals surface area contributed by atoms with Crippen molar-refractivity contribution in [1.82, 2.24) is 14.8 Å². The SMILES string of the molecule is O=C(Cn1c2ccccc2c(=O)c2ccccc21)NCC1(N2CCOCC2)CCCCC1. The van der Waals surface area contributed by atoms with Gasteiger partial charge in [-0.2, -0.15) is 0 Å². The molecule has 0 unspecified atom stereocenters. The average molecular weight is 434 g/mol. The first-order valence-corrected chi connectivity index (χ1v) is 11.8. The van der Waals surface area contributed by atoms with Gasteiger partial charge < -0.3 is 14.6 Å². The first kappa shape index (κ1) is 21.2. The Labute approximate surface area is 188 Å². The Hall–Kier alpha value is -2.70. The number of rotatable bonds is 5. The van der Waals surface area contributed by atoms with Gasteiger partial charge in [-0.3, -0.25) is 14.5 Å². The van der Waals surface area contributed by atoms with Gasteiger partial charge in [-0.05, 0) is 37.1 Å². The number of hydrogen-bond donors (Lipinski definition) is 1. The molecule has 1 aromatic heterocycles. The summed E-state index contributed by atoms with van der Waals surface area (Å²) >= 11 is 0. The number of fused-ring (bicyclic) bond motifs is 2. The van der Waals surface area contributed by atoms with Gasteiger partial charge in [0.15, 0.2) is 5.43 Å². The van der Waals surface area contributed by atoms with E-state index in [1.54, 1.807) is 0 Å². The van der Waals surface area contributed by atoms with E-state index in [4.69, 9.17) is 4.74 Å². The Kier molecular flexibility index (Phi) is 5.98. The van der Waals surface area contributed by atoms with Crippen LogP contribution >= 0.6 is 0 Å². The molecule has 6 heteroatoms. The van der Waals surface area contributed by atoms with Crippen LogP contribution in [-0.4, -0.2) is 53.8 Å². The molecule has 2 aromatic carbocycles. The molecule has 0 spiro atoms. The van der Waals surface area contributed by atoms with Gasteiger partial charge in [0.25, 0.3) is 0 Å². The van der Waals surface area contributed by atoms with Crippen LogP contribution in [0.3, 0.4) is 0 Å². The van der Waals surface area contributed by atoms with Crippen molar-refractivity contribution in [2.45, 2.75) is 44.2 Å². The molecule has 1 saturated carbocycles. The molecule has 0 radical (unpaired) electrons. The quantitative estimate of drug-likeness (QED) is 0.627. The molecule has 5 rings (SSSR count). The van der Waals surface area contributed by atoms with E-state index in [0.29, 0.717) is 17.3 Å². The van der Waals surface area contributed by atoms with Gasteiger partial charge in [0.05, 0.1) is 24.2 Å². The number of para-hydroxylation sites is 2. The highest BCUT2D eigenvalue weighted by atomic mass is 16.5. The Balaban J connectivity index is 1.41. The molecule has 1 amide bonds. The molecule has 2 aliphatic rings. The molecule has 3 aromatic rings. The maximum Gasteiger partial charge on any atom is 0.240 e. The number of carbonyl (C=O) groups excluding carboxylic acids is 1. The number of aromatic nitrogens is 1. The van der Waals surface area contributed by atoms with Gasteiger partial charge in [0.1, 0.15) is 6.54 Å². The van der Waals surface area contributed by atoms with E-state index >= 15 is 0 Å². The number of carbonyl (C=O) groups is 1. The van der Waals surface area contributed by atoms with Crippen LogP contribution in [0.1, 0.15) is 32.1 Å². The minimum absolute atomic E-state index is 0.0119. The highest BCUT2D eigenvalue weighted by molar-refractivity contribution is 5.94. The summed E-state index contributed by atoms with van der Waals surface area (Å²) in [7, 11) is 0. The Morgan fingerprint density at radius 1 is 0.906 bits per heavy atom. The van der Waals surface area contributed by atoms with Gasteiger partial charge in [-0.1, -0.05) is 43.5 Å². The fourth-order valence-electron chi connectivity index (χ4n) is 5.56. The predicted molar refractivity (Wildman–Crippen MR) is 127 cm³/mol. The molecule has 32 heavy (non-hydrogen) atoms. The summed E-state index contributed by atoms with van der Waals surface area (Å²) in [4.78, 5) is 28.7. The molecule has 1 N–H and O–H groups in total. The van der Waals surface area contributed by atoms with E-state index < -0.39 is 0 Å². The molecule has 0 bridgehead atoms. The Bertz CT molecular complexity index is 1110. The van der Waals surface area contributed by atoms with Crippen molar-refractivity contribution in [3.63, 3.8) is 0 Å². The lowest BCUT2D eigenvalue weighted by atomic mass is 9.79. The van der Waals surface area contributed by atoms with Crippen molar-refractivity contribution in [2.75, 3.05) is 32.8 Å². The van der Waals surface area contributed by atoms with Crippen molar-refractivity contribution < 1.29 is 9.53 Å². The third-order valence-electron chi connectivity index (χ3n) is 7.26. The summed E-state index contributed by atoms with van der Waals surface area (Å²) in [5.41, 5.74) is 1.64. The number of amides is 1. The number of benzene rings is 2. The molecule has 6 nitrogen and oxygen atoms in total. The van der Waals surface area contributed by atoms with Gasteiger partial charge in [-0.25, -0.2) is 0 Å². The number of ether oxygens (including phenoxy) is 1. The maximum atomic E-state index is 13.2. The third-order valence-corrected chi connectivity index (χ3v) is 7.26. The maximum absolute atomic E-state index is 13.2. The summed E-state index contributed by atoms with van der Waals surface area (Å²) in [6.07, 6.45) is 5.94.